The van der Waals surface area contributed by atoms with E-state index in [1.165, 1.54) is 20.2 Å². The van der Waals surface area contributed by atoms with Gasteiger partial charge in [-0.05, 0) is 29.3 Å². The van der Waals surface area contributed by atoms with E-state index < -0.39 is 15.9 Å². The van der Waals surface area contributed by atoms with Crippen LogP contribution in [0.15, 0.2) is 53.9 Å². The predicted molar refractivity (Wildman–Crippen MR) is 108 cm³/mol. The van der Waals surface area contributed by atoms with E-state index in [2.05, 4.69) is 5.32 Å². The number of likely N-dealkylation sites (N-methyl/N-ethyl adjacent to an activating group) is 1. The summed E-state index contributed by atoms with van der Waals surface area (Å²) in [6, 6.07) is 14.4. The summed E-state index contributed by atoms with van der Waals surface area (Å²) in [6.45, 7) is -0.0400. The third-order valence-electron chi connectivity index (χ3n) is 3.97. The molecule has 0 aliphatic rings. The average Bonchev–Trinajstić information content (AvgIpc) is 2.71. The number of carbonyl (C=O) groups is 1. The maximum Gasteiger partial charge on any atom is 0.236 e. The average molecular weight is 404 g/mol. The summed E-state index contributed by atoms with van der Waals surface area (Å²) in [4.78, 5) is 12.1. The molecule has 150 valence electrons. The molecule has 0 unspecified atom stereocenters. The minimum Gasteiger partial charge on any atom is -0.493 e. The zero-order valence-electron chi connectivity index (χ0n) is 16.1. The van der Waals surface area contributed by atoms with Gasteiger partial charge < -0.3 is 14.8 Å². The molecular formula is C20H24N2O5S. The van der Waals surface area contributed by atoms with Crippen molar-refractivity contribution in [3.63, 3.8) is 0 Å². The second kappa shape index (κ2) is 9.91. The largest absolute Gasteiger partial charge is 0.493 e. The van der Waals surface area contributed by atoms with E-state index in [0.29, 0.717) is 11.5 Å². The molecule has 0 aliphatic carbocycles. The van der Waals surface area contributed by atoms with Gasteiger partial charge in [-0.2, -0.15) is 4.31 Å². The minimum atomic E-state index is -3.70. The molecule has 8 heteroatoms. The molecule has 0 atom stereocenters. The Bertz CT molecular complexity index is 927. The Labute approximate surface area is 165 Å². The van der Waals surface area contributed by atoms with Gasteiger partial charge in [0.25, 0.3) is 0 Å². The first-order valence-electron chi connectivity index (χ1n) is 8.53. The van der Waals surface area contributed by atoms with E-state index in [-0.39, 0.29) is 13.1 Å². The first-order valence-corrected chi connectivity index (χ1v) is 10.0. The molecule has 0 aromatic heterocycles. The van der Waals surface area contributed by atoms with Gasteiger partial charge in [0.05, 0.1) is 20.8 Å². The second-order valence-electron chi connectivity index (χ2n) is 5.98. The second-order valence-corrected chi connectivity index (χ2v) is 7.91. The Morgan fingerprint density at radius 1 is 1.07 bits per heavy atom. The number of nitrogens with zero attached hydrogens (tertiary/aromatic N) is 1. The number of benzene rings is 2. The number of sulfonamides is 1. The highest BCUT2D eigenvalue weighted by Gasteiger charge is 2.17. The van der Waals surface area contributed by atoms with E-state index >= 15 is 0 Å². The lowest BCUT2D eigenvalue weighted by Crippen LogP contribution is -2.37. The molecule has 0 spiro atoms. The molecule has 2 aromatic rings. The van der Waals surface area contributed by atoms with Gasteiger partial charge >= 0.3 is 0 Å². The molecule has 0 fully saturated rings. The summed E-state index contributed by atoms with van der Waals surface area (Å²) >= 11 is 0. The summed E-state index contributed by atoms with van der Waals surface area (Å²) < 4.78 is 36.0. The summed E-state index contributed by atoms with van der Waals surface area (Å²) in [7, 11) is 0.735. The Morgan fingerprint density at radius 3 is 2.39 bits per heavy atom. The standard InChI is InChI=1S/C20H24N2O5S/c1-22(28(24,25)12-11-16-7-5-4-6-8-16)15-20(23)21-14-17-9-10-18(26-2)19(13-17)27-3/h4-13H,14-15H2,1-3H3,(H,21,23)/b12-11+. The van der Waals surface area contributed by atoms with Crippen molar-refractivity contribution in [3.05, 3.63) is 65.1 Å². The van der Waals surface area contributed by atoms with Crippen molar-refractivity contribution in [2.75, 3.05) is 27.8 Å². The smallest absolute Gasteiger partial charge is 0.236 e. The van der Waals surface area contributed by atoms with Gasteiger partial charge in [0.1, 0.15) is 0 Å². The van der Waals surface area contributed by atoms with Crippen molar-refractivity contribution in [1.82, 2.24) is 9.62 Å². The van der Waals surface area contributed by atoms with E-state index in [9.17, 15) is 13.2 Å². The van der Waals surface area contributed by atoms with Crippen LogP contribution in [0.3, 0.4) is 0 Å². The highest BCUT2D eigenvalue weighted by atomic mass is 32.2. The van der Waals surface area contributed by atoms with Crippen molar-refractivity contribution in [3.8, 4) is 11.5 Å². The van der Waals surface area contributed by atoms with Crippen LogP contribution in [-0.4, -0.2) is 46.4 Å². The van der Waals surface area contributed by atoms with Crippen molar-refractivity contribution < 1.29 is 22.7 Å². The summed E-state index contributed by atoms with van der Waals surface area (Å²) in [6.07, 6.45) is 1.49. The van der Waals surface area contributed by atoms with Crippen molar-refractivity contribution >= 4 is 22.0 Å². The number of hydrogen-bond acceptors (Lipinski definition) is 5. The van der Waals surface area contributed by atoms with Gasteiger partial charge in [-0.15, -0.1) is 0 Å². The number of methoxy groups -OCH3 is 2. The quantitative estimate of drug-likeness (QED) is 0.693. The minimum absolute atomic E-state index is 0.243. The van der Waals surface area contributed by atoms with Crippen LogP contribution in [0.1, 0.15) is 11.1 Å². The molecule has 2 rings (SSSR count). The van der Waals surface area contributed by atoms with E-state index in [4.69, 9.17) is 9.47 Å². The number of amides is 1. The lowest BCUT2D eigenvalue weighted by atomic mass is 10.2. The summed E-state index contributed by atoms with van der Waals surface area (Å²) in [5.41, 5.74) is 1.57. The topological polar surface area (TPSA) is 84.9 Å². The first-order chi connectivity index (χ1) is 13.4. The molecule has 7 nitrogen and oxygen atoms in total. The number of carbonyl (C=O) groups excluding carboxylic acids is 1. The number of ether oxygens (including phenoxy) is 2. The van der Waals surface area contributed by atoms with Crippen molar-refractivity contribution in [2.45, 2.75) is 6.54 Å². The van der Waals surface area contributed by atoms with Crippen LogP contribution in [0.2, 0.25) is 0 Å². The van der Waals surface area contributed by atoms with Crippen molar-refractivity contribution in [2.24, 2.45) is 0 Å². The molecule has 28 heavy (non-hydrogen) atoms. The van der Waals surface area contributed by atoms with Gasteiger partial charge in [-0.25, -0.2) is 8.42 Å². The van der Waals surface area contributed by atoms with E-state index in [1.807, 2.05) is 18.2 Å². The van der Waals surface area contributed by atoms with Crippen LogP contribution < -0.4 is 14.8 Å². The van der Waals surface area contributed by atoms with Gasteiger partial charge in [-0.3, -0.25) is 4.79 Å². The van der Waals surface area contributed by atoms with Crippen LogP contribution in [0, 0.1) is 0 Å². The van der Waals surface area contributed by atoms with Crippen LogP contribution >= 0.6 is 0 Å². The lowest BCUT2D eigenvalue weighted by molar-refractivity contribution is -0.121. The third-order valence-corrected chi connectivity index (χ3v) is 5.45. The number of hydrogen-bond donors (Lipinski definition) is 1. The fourth-order valence-electron chi connectivity index (χ4n) is 2.37. The van der Waals surface area contributed by atoms with Crippen LogP contribution in [0.4, 0.5) is 0 Å². The van der Waals surface area contributed by atoms with Crippen LogP contribution in [-0.2, 0) is 21.4 Å². The zero-order chi connectivity index (χ0) is 20.6. The molecule has 1 amide bonds. The van der Waals surface area contributed by atoms with Gasteiger partial charge in [-0.1, -0.05) is 36.4 Å². The SMILES string of the molecule is COc1ccc(CNC(=O)CN(C)S(=O)(=O)/C=C/c2ccccc2)cc1OC. The molecule has 0 aliphatic heterocycles. The molecular weight excluding hydrogens is 380 g/mol. The Kier molecular flexibility index (Phi) is 7.60. The molecule has 0 saturated carbocycles. The maximum atomic E-state index is 12.3. The predicted octanol–water partition coefficient (Wildman–Crippen LogP) is 2.25. The maximum absolute atomic E-state index is 12.3. The fourth-order valence-corrected chi connectivity index (χ4v) is 3.21. The van der Waals surface area contributed by atoms with E-state index in [1.54, 1.807) is 37.4 Å². The summed E-state index contributed by atoms with van der Waals surface area (Å²) in [5, 5.41) is 3.79. The van der Waals surface area contributed by atoms with Gasteiger partial charge in [0.15, 0.2) is 11.5 Å². The van der Waals surface area contributed by atoms with Gasteiger partial charge in [0.2, 0.25) is 15.9 Å². The van der Waals surface area contributed by atoms with Gasteiger partial charge in [0, 0.05) is 19.0 Å². The van der Waals surface area contributed by atoms with Crippen molar-refractivity contribution in [1.29, 1.82) is 0 Å². The molecule has 0 saturated heterocycles. The summed E-state index contributed by atoms with van der Waals surface area (Å²) in [5.74, 6) is 0.738. The van der Waals surface area contributed by atoms with Crippen LogP contribution in [0.5, 0.6) is 11.5 Å². The Morgan fingerprint density at radius 2 is 1.75 bits per heavy atom. The molecule has 0 bridgehead atoms. The molecule has 0 heterocycles. The number of rotatable bonds is 9. The lowest BCUT2D eigenvalue weighted by Gasteiger charge is -2.15. The van der Waals surface area contributed by atoms with Crippen LogP contribution in [0.25, 0.3) is 6.08 Å². The Balaban J connectivity index is 1.92. The third kappa shape index (κ3) is 6.11. The highest BCUT2D eigenvalue weighted by Crippen LogP contribution is 2.27. The molecule has 1 N–H and O–H groups in total. The van der Waals surface area contributed by atoms with E-state index in [0.717, 1.165) is 20.8 Å². The number of nitrogens with one attached hydrogen (secondary N) is 1. The highest BCUT2D eigenvalue weighted by molar-refractivity contribution is 7.92. The monoisotopic (exact) mass is 404 g/mol. The Hall–Kier alpha value is -2.84. The zero-order valence-corrected chi connectivity index (χ0v) is 16.9. The first kappa shape index (κ1) is 21.5. The molecule has 0 radical (unpaired) electrons. The molecule has 2 aromatic carbocycles. The normalized spacial score (nSPS) is 11.6. The fraction of sp³-hybridized carbons (Fsp3) is 0.250.